The molecule has 0 aliphatic carbocycles. The Morgan fingerprint density at radius 1 is 0.923 bits per heavy atom. The van der Waals surface area contributed by atoms with Crippen molar-refractivity contribution in [3.8, 4) is 23.0 Å². The largest absolute Gasteiger partial charge is 0.507 e. The summed E-state index contributed by atoms with van der Waals surface area (Å²) >= 11 is 1.25. The second-order valence-electron chi connectivity index (χ2n) is 8.56. The number of amides is 1. The Balaban J connectivity index is 1.74. The molecule has 10 heteroatoms. The van der Waals surface area contributed by atoms with Gasteiger partial charge in [0.1, 0.15) is 34.8 Å². The monoisotopic (exact) mass is 546 g/mol. The van der Waals surface area contributed by atoms with E-state index in [0.717, 1.165) is 4.70 Å². The molecule has 0 saturated carbocycles. The first kappa shape index (κ1) is 26.1. The van der Waals surface area contributed by atoms with Crippen molar-refractivity contribution in [1.82, 2.24) is 4.98 Å². The lowest BCUT2D eigenvalue weighted by Gasteiger charge is -2.25. The van der Waals surface area contributed by atoms with Crippen LogP contribution in [0.4, 0.5) is 5.13 Å². The van der Waals surface area contributed by atoms with Crippen molar-refractivity contribution in [2.45, 2.75) is 13.0 Å². The number of carbonyl (C=O) groups is 2. The molecule has 1 aliphatic heterocycles. The van der Waals surface area contributed by atoms with Gasteiger partial charge >= 0.3 is 5.91 Å². The maximum absolute atomic E-state index is 13.6. The number of benzene rings is 3. The minimum absolute atomic E-state index is 0.0917. The number of aliphatic hydroxyl groups is 1. The van der Waals surface area contributed by atoms with Gasteiger partial charge in [-0.25, -0.2) is 4.98 Å². The van der Waals surface area contributed by atoms with Gasteiger partial charge in [0.25, 0.3) is 5.78 Å². The Kier molecular flexibility index (Phi) is 7.12. The van der Waals surface area contributed by atoms with Gasteiger partial charge in [0, 0.05) is 11.1 Å². The molecule has 0 bridgehead atoms. The number of anilines is 1. The molecular weight excluding hydrogens is 520 g/mol. The molecule has 200 valence electrons. The van der Waals surface area contributed by atoms with Gasteiger partial charge in [-0.3, -0.25) is 14.5 Å². The third-order valence-electron chi connectivity index (χ3n) is 6.41. The Labute approximate surface area is 228 Å². The van der Waals surface area contributed by atoms with Gasteiger partial charge in [-0.1, -0.05) is 11.3 Å². The van der Waals surface area contributed by atoms with Crippen LogP contribution in [0.15, 0.2) is 66.2 Å². The van der Waals surface area contributed by atoms with Crippen molar-refractivity contribution >= 4 is 44.1 Å². The third-order valence-corrected chi connectivity index (χ3v) is 7.42. The third kappa shape index (κ3) is 4.63. The van der Waals surface area contributed by atoms with E-state index in [-0.39, 0.29) is 11.3 Å². The summed E-state index contributed by atoms with van der Waals surface area (Å²) in [5, 5.41) is 11.7. The number of nitrogens with zero attached hydrogens (tertiary/aromatic N) is 2. The zero-order chi connectivity index (χ0) is 27.7. The van der Waals surface area contributed by atoms with Crippen LogP contribution in [0.1, 0.15) is 24.1 Å². The van der Waals surface area contributed by atoms with E-state index in [9.17, 15) is 14.7 Å². The topological polar surface area (TPSA) is 107 Å². The molecule has 1 saturated heterocycles. The average molecular weight is 547 g/mol. The predicted octanol–water partition coefficient (Wildman–Crippen LogP) is 5.35. The summed E-state index contributed by atoms with van der Waals surface area (Å²) in [6.45, 7) is 2.40. The van der Waals surface area contributed by atoms with Gasteiger partial charge in [-0.15, -0.1) is 0 Å². The van der Waals surface area contributed by atoms with Gasteiger partial charge in [-0.05, 0) is 67.6 Å². The highest BCUT2D eigenvalue weighted by atomic mass is 32.1. The van der Waals surface area contributed by atoms with Gasteiger partial charge in [0.15, 0.2) is 5.13 Å². The van der Waals surface area contributed by atoms with Crippen LogP contribution in [0, 0.1) is 0 Å². The summed E-state index contributed by atoms with van der Waals surface area (Å²) in [6, 6.07) is 16.1. The van der Waals surface area contributed by atoms with Gasteiger partial charge < -0.3 is 24.1 Å². The molecule has 1 amide bonds. The Morgan fingerprint density at radius 3 is 2.28 bits per heavy atom. The van der Waals surface area contributed by atoms with Crippen LogP contribution in [0.5, 0.6) is 23.0 Å². The summed E-state index contributed by atoms with van der Waals surface area (Å²) in [6.07, 6.45) is 0. The number of methoxy groups -OCH3 is 3. The van der Waals surface area contributed by atoms with Crippen LogP contribution in [-0.2, 0) is 9.59 Å². The van der Waals surface area contributed by atoms with E-state index in [4.69, 9.17) is 18.9 Å². The fourth-order valence-electron chi connectivity index (χ4n) is 4.53. The average Bonchev–Trinajstić information content (AvgIpc) is 3.49. The van der Waals surface area contributed by atoms with Crippen molar-refractivity contribution in [3.05, 3.63) is 77.4 Å². The van der Waals surface area contributed by atoms with Crippen LogP contribution >= 0.6 is 11.3 Å². The zero-order valence-electron chi connectivity index (χ0n) is 21.8. The second-order valence-corrected chi connectivity index (χ2v) is 9.57. The quantitative estimate of drug-likeness (QED) is 0.179. The van der Waals surface area contributed by atoms with E-state index >= 15 is 0 Å². The predicted molar refractivity (Wildman–Crippen MR) is 148 cm³/mol. The van der Waals surface area contributed by atoms with E-state index in [1.165, 1.54) is 37.6 Å². The molecule has 0 radical (unpaired) electrons. The second kappa shape index (κ2) is 10.7. The van der Waals surface area contributed by atoms with Crippen molar-refractivity contribution in [2.75, 3.05) is 32.8 Å². The van der Waals surface area contributed by atoms with Gasteiger partial charge in [0.2, 0.25) is 0 Å². The number of fused-ring (bicyclic) bond motifs is 1. The molecule has 1 aromatic heterocycles. The highest BCUT2D eigenvalue weighted by molar-refractivity contribution is 7.22. The van der Waals surface area contributed by atoms with Gasteiger partial charge in [-0.2, -0.15) is 0 Å². The van der Waals surface area contributed by atoms with Crippen molar-refractivity contribution in [1.29, 1.82) is 0 Å². The standard InChI is InChI=1S/C29H26N2O7S/c1-5-38-19-10-12-21-23(15-19)39-29(30-21)31-25(20-14-18(36-3)11-13-22(20)37-4)24(27(33)28(31)34)26(32)16-6-8-17(35-2)9-7-16/h6-15,25,32H,5H2,1-4H3. The van der Waals surface area contributed by atoms with E-state index in [1.807, 2.05) is 13.0 Å². The zero-order valence-corrected chi connectivity index (χ0v) is 22.6. The van der Waals surface area contributed by atoms with Gasteiger partial charge in [0.05, 0.1) is 43.7 Å². The highest BCUT2D eigenvalue weighted by Crippen LogP contribution is 2.47. The lowest BCUT2D eigenvalue weighted by molar-refractivity contribution is -0.132. The molecule has 0 spiro atoms. The normalized spacial score (nSPS) is 16.5. The molecular formula is C29H26N2O7S. The molecule has 5 rings (SSSR count). The van der Waals surface area contributed by atoms with Crippen LogP contribution < -0.4 is 23.8 Å². The molecule has 1 fully saturated rings. The van der Waals surface area contributed by atoms with Crippen molar-refractivity contribution in [2.24, 2.45) is 0 Å². The summed E-state index contributed by atoms with van der Waals surface area (Å²) in [5.74, 6) is 0.177. The molecule has 3 aromatic carbocycles. The Morgan fingerprint density at radius 2 is 1.62 bits per heavy atom. The number of aromatic nitrogens is 1. The first-order valence-electron chi connectivity index (χ1n) is 12.1. The van der Waals surface area contributed by atoms with Crippen molar-refractivity contribution in [3.63, 3.8) is 0 Å². The molecule has 1 N–H and O–H groups in total. The number of aliphatic hydroxyl groups excluding tert-OH is 1. The number of ketones is 1. The molecule has 39 heavy (non-hydrogen) atoms. The molecule has 4 aromatic rings. The Bertz CT molecular complexity index is 1590. The maximum atomic E-state index is 13.6. The number of carbonyl (C=O) groups excluding carboxylic acids is 2. The van der Waals surface area contributed by atoms with Crippen LogP contribution in [0.2, 0.25) is 0 Å². The number of ether oxygens (including phenoxy) is 4. The van der Waals surface area contributed by atoms with Crippen LogP contribution in [-0.4, -0.2) is 49.7 Å². The van der Waals surface area contributed by atoms with Crippen LogP contribution in [0.25, 0.3) is 16.0 Å². The lowest BCUT2D eigenvalue weighted by Crippen LogP contribution is -2.29. The number of thiazole rings is 1. The van der Waals surface area contributed by atoms with E-state index in [1.54, 1.807) is 54.6 Å². The maximum Gasteiger partial charge on any atom is 0.301 e. The number of hydrogen-bond donors (Lipinski definition) is 1. The van der Waals surface area contributed by atoms with Crippen LogP contribution in [0.3, 0.4) is 0 Å². The fourth-order valence-corrected chi connectivity index (χ4v) is 5.55. The Hall–Kier alpha value is -4.57. The molecule has 1 aliphatic rings. The summed E-state index contributed by atoms with van der Waals surface area (Å²) in [5.41, 5.74) is 1.37. The molecule has 2 heterocycles. The summed E-state index contributed by atoms with van der Waals surface area (Å²) in [4.78, 5) is 33.2. The molecule has 1 unspecified atom stereocenters. The van der Waals surface area contributed by atoms with Crippen molar-refractivity contribution < 1.29 is 33.6 Å². The number of Topliss-reactive ketones (excluding diaryl/α,β-unsaturated/α-hetero) is 1. The minimum Gasteiger partial charge on any atom is -0.507 e. The first-order chi connectivity index (χ1) is 18.9. The summed E-state index contributed by atoms with van der Waals surface area (Å²) < 4.78 is 22.7. The number of rotatable bonds is 8. The fraction of sp³-hybridized carbons (Fsp3) is 0.207. The summed E-state index contributed by atoms with van der Waals surface area (Å²) in [7, 11) is 4.54. The SMILES string of the molecule is CCOc1ccc2nc(N3C(=O)C(=O)C(=C(O)c4ccc(OC)cc4)C3c3cc(OC)ccc3OC)sc2c1. The van der Waals surface area contributed by atoms with E-state index < -0.39 is 17.7 Å². The first-order valence-corrected chi connectivity index (χ1v) is 12.9. The lowest BCUT2D eigenvalue weighted by atomic mass is 9.94. The molecule has 9 nitrogen and oxygen atoms in total. The highest BCUT2D eigenvalue weighted by Gasteiger charge is 2.49. The van der Waals surface area contributed by atoms with E-state index in [0.29, 0.717) is 51.4 Å². The number of hydrogen-bond acceptors (Lipinski definition) is 9. The van der Waals surface area contributed by atoms with E-state index in [2.05, 4.69) is 4.98 Å². The smallest absolute Gasteiger partial charge is 0.301 e. The minimum atomic E-state index is -1.04. The molecule has 1 atom stereocenters.